The molecule has 0 aliphatic carbocycles. The van der Waals surface area contributed by atoms with Crippen molar-refractivity contribution in [3.63, 3.8) is 0 Å². The van der Waals surface area contributed by atoms with E-state index in [1.165, 1.54) is 57.8 Å². The molecule has 0 radical (unpaired) electrons. The molecule has 1 unspecified atom stereocenters. The first-order valence-electron chi connectivity index (χ1n) is 31.6. The van der Waals surface area contributed by atoms with E-state index in [9.17, 15) is 14.4 Å². The Morgan fingerprint density at radius 3 is 0.747 bits per heavy atom. The third-order valence-electron chi connectivity index (χ3n) is 12.7. The van der Waals surface area contributed by atoms with Crippen LogP contribution in [0.2, 0.25) is 0 Å². The topological polar surface area (TPSA) is 78.9 Å². The Balaban J connectivity index is 4.30. The highest BCUT2D eigenvalue weighted by Gasteiger charge is 2.19. The van der Waals surface area contributed by atoms with Crippen molar-refractivity contribution in [2.24, 2.45) is 0 Å². The van der Waals surface area contributed by atoms with Gasteiger partial charge in [-0.15, -0.1) is 0 Å². The van der Waals surface area contributed by atoms with Crippen molar-refractivity contribution in [1.29, 1.82) is 0 Å². The minimum absolute atomic E-state index is 0.113. The molecule has 0 aliphatic rings. The Bertz CT molecular complexity index is 1820. The summed E-state index contributed by atoms with van der Waals surface area (Å²) in [6.07, 6.45) is 96.6. The lowest BCUT2D eigenvalue weighted by Crippen LogP contribution is -2.30. The maximum atomic E-state index is 12.8. The van der Waals surface area contributed by atoms with E-state index in [1.54, 1.807) is 0 Å². The average Bonchev–Trinajstić information content (AvgIpc) is 3.45. The van der Waals surface area contributed by atoms with Crippen molar-refractivity contribution in [3.8, 4) is 0 Å². The van der Waals surface area contributed by atoms with Crippen molar-refractivity contribution in [2.45, 2.75) is 258 Å². The second-order valence-electron chi connectivity index (χ2n) is 20.2. The van der Waals surface area contributed by atoms with Gasteiger partial charge in [0, 0.05) is 19.3 Å². The molecule has 442 valence electrons. The Kier molecular flexibility index (Phi) is 61.0. The lowest BCUT2D eigenvalue weighted by atomic mass is 10.0. The van der Waals surface area contributed by atoms with E-state index in [2.05, 4.69) is 191 Å². The van der Waals surface area contributed by atoms with Gasteiger partial charge in [0.25, 0.3) is 0 Å². The second-order valence-corrected chi connectivity index (χ2v) is 20.2. The summed E-state index contributed by atoms with van der Waals surface area (Å²) in [4.78, 5) is 38.2. The molecule has 6 nitrogen and oxygen atoms in total. The monoisotopic (exact) mass is 1090 g/mol. The number of allylic oxidation sites excluding steroid dienone is 28. The van der Waals surface area contributed by atoms with Crippen LogP contribution in [0.5, 0.6) is 0 Å². The van der Waals surface area contributed by atoms with E-state index in [1.807, 2.05) is 0 Å². The van der Waals surface area contributed by atoms with Crippen LogP contribution in [-0.4, -0.2) is 37.2 Å². The molecular formula is C73H114O6. The van der Waals surface area contributed by atoms with Crippen molar-refractivity contribution in [2.75, 3.05) is 13.2 Å². The Hall–Kier alpha value is -5.23. The van der Waals surface area contributed by atoms with Crippen LogP contribution in [0, 0.1) is 0 Å². The molecule has 0 rings (SSSR count). The molecule has 0 amide bonds. The number of unbranched alkanes of at least 4 members (excludes halogenated alkanes) is 16. The maximum Gasteiger partial charge on any atom is 0.306 e. The first-order chi connectivity index (χ1) is 39.0. The van der Waals surface area contributed by atoms with Gasteiger partial charge in [-0.05, 0) is 148 Å². The van der Waals surface area contributed by atoms with Gasteiger partial charge in [-0.3, -0.25) is 14.4 Å². The summed E-state index contributed by atoms with van der Waals surface area (Å²) in [5, 5.41) is 0. The van der Waals surface area contributed by atoms with Crippen molar-refractivity contribution in [1.82, 2.24) is 0 Å². The molecule has 0 aromatic heterocycles. The Labute approximate surface area is 485 Å². The molecule has 0 saturated carbocycles. The van der Waals surface area contributed by atoms with E-state index in [4.69, 9.17) is 14.2 Å². The van der Waals surface area contributed by atoms with Crippen LogP contribution >= 0.6 is 0 Å². The van der Waals surface area contributed by atoms with Gasteiger partial charge in [0.15, 0.2) is 6.10 Å². The van der Waals surface area contributed by atoms with Gasteiger partial charge in [-0.2, -0.15) is 0 Å². The van der Waals surface area contributed by atoms with Crippen molar-refractivity contribution < 1.29 is 28.6 Å². The number of hydrogen-bond donors (Lipinski definition) is 0. The third-order valence-corrected chi connectivity index (χ3v) is 12.7. The summed E-state index contributed by atoms with van der Waals surface area (Å²) in [5.41, 5.74) is 0. The summed E-state index contributed by atoms with van der Waals surface area (Å²) in [5.74, 6) is -0.994. The highest BCUT2D eigenvalue weighted by molar-refractivity contribution is 5.71. The highest BCUT2D eigenvalue weighted by atomic mass is 16.6. The van der Waals surface area contributed by atoms with E-state index in [0.29, 0.717) is 19.3 Å². The quantitative estimate of drug-likeness (QED) is 0.0261. The number of carbonyl (C=O) groups excluding carboxylic acids is 3. The van der Waals surface area contributed by atoms with E-state index in [0.717, 1.165) is 148 Å². The van der Waals surface area contributed by atoms with Crippen LogP contribution in [0.1, 0.15) is 252 Å². The standard InChI is InChI=1S/C73H114O6/c1-4-7-10-13-16-19-22-25-27-28-29-30-31-32-33-34-35-36-37-38-39-40-41-42-43-44-46-48-51-54-57-60-63-66-72(75)78-69-70(68-77-71(74)65-62-59-56-53-50-47-24-21-18-15-12-9-6-3)79-73(76)67-64-61-58-55-52-49-45-26-23-20-17-14-11-8-5-2/h7-12,16-21,25-27,29-30,32-33,35-36,38-39,45,47,50,52,55,70H,4-6,13-15,22-24,28,31,34,37,40-44,46,48-49,51,53-54,56-69H2,1-3H3/b10-7-,11-8-,12-9-,19-16-,20-17-,21-18-,27-25-,30-29-,33-32-,36-35-,39-38-,45-26-,50-47-,55-52-. The van der Waals surface area contributed by atoms with E-state index < -0.39 is 6.10 Å². The SMILES string of the molecule is CC/C=C\C/C=C\C/C=C\C/C=C\C/C=C\C/C=C\C/C=C\CCCCCCCCCCCCCC(=O)OCC(COC(=O)CCCCC/C=C\C/C=C\C/C=C\CC)OC(=O)CCCC/C=C\C/C=C\C/C=C\C/C=C\CC. The minimum Gasteiger partial charge on any atom is -0.462 e. The first-order valence-corrected chi connectivity index (χ1v) is 31.6. The van der Waals surface area contributed by atoms with Gasteiger partial charge in [-0.1, -0.05) is 255 Å². The lowest BCUT2D eigenvalue weighted by Gasteiger charge is -2.18. The zero-order valence-electron chi connectivity index (χ0n) is 50.6. The molecule has 1 atom stereocenters. The smallest absolute Gasteiger partial charge is 0.306 e. The van der Waals surface area contributed by atoms with Crippen molar-refractivity contribution >= 4 is 17.9 Å². The molecule has 0 bridgehead atoms. The normalized spacial score (nSPS) is 13.3. The molecule has 0 N–H and O–H groups in total. The molecule has 0 heterocycles. The van der Waals surface area contributed by atoms with Gasteiger partial charge in [-0.25, -0.2) is 0 Å². The van der Waals surface area contributed by atoms with Crippen LogP contribution in [0.15, 0.2) is 170 Å². The number of esters is 3. The van der Waals surface area contributed by atoms with Crippen molar-refractivity contribution in [3.05, 3.63) is 170 Å². The molecular weight excluding hydrogens is 973 g/mol. The number of hydrogen-bond acceptors (Lipinski definition) is 6. The van der Waals surface area contributed by atoms with E-state index in [-0.39, 0.29) is 37.5 Å². The van der Waals surface area contributed by atoms with Crippen LogP contribution in [-0.2, 0) is 28.6 Å². The van der Waals surface area contributed by atoms with Crippen LogP contribution in [0.4, 0.5) is 0 Å². The van der Waals surface area contributed by atoms with Gasteiger partial charge in [0.05, 0.1) is 0 Å². The lowest BCUT2D eigenvalue weighted by molar-refractivity contribution is -0.167. The molecule has 0 fully saturated rings. The van der Waals surface area contributed by atoms with Gasteiger partial charge < -0.3 is 14.2 Å². The molecule has 6 heteroatoms. The summed E-state index contributed by atoms with van der Waals surface area (Å²) in [7, 11) is 0. The molecule has 0 aromatic rings. The molecule has 0 spiro atoms. The molecule has 0 aromatic carbocycles. The fraction of sp³-hybridized carbons (Fsp3) is 0.575. The van der Waals surface area contributed by atoms with Gasteiger partial charge >= 0.3 is 17.9 Å². The number of rotatable bonds is 55. The molecule has 0 aliphatic heterocycles. The largest absolute Gasteiger partial charge is 0.462 e. The summed E-state index contributed by atoms with van der Waals surface area (Å²) in [6, 6.07) is 0. The van der Waals surface area contributed by atoms with E-state index >= 15 is 0 Å². The maximum absolute atomic E-state index is 12.8. The Morgan fingerprint density at radius 2 is 0.456 bits per heavy atom. The summed E-state index contributed by atoms with van der Waals surface area (Å²) >= 11 is 0. The fourth-order valence-electron chi connectivity index (χ4n) is 8.07. The minimum atomic E-state index is -0.821. The fourth-order valence-corrected chi connectivity index (χ4v) is 8.07. The zero-order chi connectivity index (χ0) is 57.1. The second kappa shape index (κ2) is 65.3. The summed E-state index contributed by atoms with van der Waals surface area (Å²) in [6.45, 7) is 6.22. The Morgan fingerprint density at radius 1 is 0.253 bits per heavy atom. The zero-order valence-corrected chi connectivity index (χ0v) is 50.6. The average molecular weight is 1090 g/mol. The predicted molar refractivity (Wildman–Crippen MR) is 343 cm³/mol. The number of ether oxygens (including phenoxy) is 3. The first kappa shape index (κ1) is 73.8. The van der Waals surface area contributed by atoms with Gasteiger partial charge in [0.2, 0.25) is 0 Å². The molecule has 0 saturated heterocycles. The third kappa shape index (κ3) is 63.5. The molecule has 79 heavy (non-hydrogen) atoms. The summed E-state index contributed by atoms with van der Waals surface area (Å²) < 4.78 is 16.8. The highest BCUT2D eigenvalue weighted by Crippen LogP contribution is 2.14. The number of carbonyl (C=O) groups is 3. The van der Waals surface area contributed by atoms with Crippen LogP contribution in [0.3, 0.4) is 0 Å². The van der Waals surface area contributed by atoms with Crippen LogP contribution < -0.4 is 0 Å². The van der Waals surface area contributed by atoms with Crippen LogP contribution in [0.25, 0.3) is 0 Å². The predicted octanol–water partition coefficient (Wildman–Crippen LogP) is 21.9. The van der Waals surface area contributed by atoms with Gasteiger partial charge in [0.1, 0.15) is 13.2 Å².